The van der Waals surface area contributed by atoms with Gasteiger partial charge in [-0.05, 0) is 6.07 Å². The van der Waals surface area contributed by atoms with E-state index in [1.165, 1.54) is 18.2 Å². The molecule has 2 rings (SSSR count). The molecule has 0 N–H and O–H groups in total. The summed E-state index contributed by atoms with van der Waals surface area (Å²) in [6.45, 7) is 0. The Morgan fingerprint density at radius 1 is 1.24 bits per heavy atom. The third-order valence-corrected chi connectivity index (χ3v) is 2.15. The summed E-state index contributed by atoms with van der Waals surface area (Å²) < 4.78 is 42.6. The number of halogens is 3. The highest BCUT2D eigenvalue weighted by molar-refractivity contribution is 5.74. The normalized spacial score (nSPS) is 11.5. The van der Waals surface area contributed by atoms with E-state index in [1.807, 2.05) is 0 Å². The number of aromatic nitrogens is 1. The van der Waals surface area contributed by atoms with Gasteiger partial charge in [0, 0.05) is 11.6 Å². The summed E-state index contributed by atoms with van der Waals surface area (Å²) in [6, 6.07) is 6.13. The molecule has 2 aromatic rings. The molecule has 0 aliphatic heterocycles. The van der Waals surface area contributed by atoms with Crippen LogP contribution < -0.4 is 0 Å². The maximum Gasteiger partial charge on any atom is 0.417 e. The van der Waals surface area contributed by atoms with Crippen molar-refractivity contribution in [1.82, 2.24) is 5.16 Å². The van der Waals surface area contributed by atoms with Gasteiger partial charge in [0.2, 0.25) is 0 Å². The van der Waals surface area contributed by atoms with Crippen LogP contribution in [0.5, 0.6) is 0 Å². The van der Waals surface area contributed by atoms with Crippen LogP contribution in [0.2, 0.25) is 0 Å². The van der Waals surface area contributed by atoms with E-state index in [0.717, 1.165) is 12.1 Å². The molecule has 3 nitrogen and oxygen atoms in total. The van der Waals surface area contributed by atoms with Crippen molar-refractivity contribution in [2.75, 3.05) is 0 Å². The first-order valence-corrected chi connectivity index (χ1v) is 4.61. The summed E-state index contributed by atoms with van der Waals surface area (Å²) >= 11 is 0. The summed E-state index contributed by atoms with van der Waals surface area (Å²) in [7, 11) is 0. The van der Waals surface area contributed by atoms with E-state index in [1.54, 1.807) is 0 Å². The topological polar surface area (TPSA) is 43.1 Å². The summed E-state index contributed by atoms with van der Waals surface area (Å²) in [4.78, 5) is 10.4. The monoisotopic (exact) mass is 241 g/mol. The van der Waals surface area contributed by atoms with Crippen LogP contribution in [0.3, 0.4) is 0 Å². The van der Waals surface area contributed by atoms with Crippen molar-refractivity contribution in [2.24, 2.45) is 0 Å². The first-order valence-electron chi connectivity index (χ1n) is 4.61. The van der Waals surface area contributed by atoms with Crippen LogP contribution in [0.4, 0.5) is 13.2 Å². The van der Waals surface area contributed by atoms with E-state index in [2.05, 4.69) is 9.68 Å². The molecule has 0 atom stereocenters. The Morgan fingerprint density at radius 3 is 2.53 bits per heavy atom. The van der Waals surface area contributed by atoms with E-state index in [0.29, 0.717) is 6.29 Å². The number of hydrogen-bond acceptors (Lipinski definition) is 3. The number of benzene rings is 1. The molecule has 0 saturated heterocycles. The molecule has 1 aromatic heterocycles. The largest absolute Gasteiger partial charge is 0.417 e. The van der Waals surface area contributed by atoms with Crippen LogP contribution in [0.1, 0.15) is 16.1 Å². The molecule has 0 spiro atoms. The minimum absolute atomic E-state index is 0.0139. The fraction of sp³-hybridized carbons (Fsp3) is 0.0909. The van der Waals surface area contributed by atoms with Crippen LogP contribution >= 0.6 is 0 Å². The first kappa shape index (κ1) is 11.4. The second-order valence-electron chi connectivity index (χ2n) is 3.28. The highest BCUT2D eigenvalue weighted by Gasteiger charge is 2.34. The average Bonchev–Trinajstić information content (AvgIpc) is 2.76. The van der Waals surface area contributed by atoms with E-state index >= 15 is 0 Å². The lowest BCUT2D eigenvalue weighted by molar-refractivity contribution is -0.137. The summed E-state index contributed by atoms with van der Waals surface area (Å²) in [5.74, 6) is -0.114. The zero-order valence-electron chi connectivity index (χ0n) is 8.36. The molecule has 0 unspecified atom stereocenters. The molecule has 0 radical (unpaired) electrons. The Balaban J connectivity index is 2.55. The molecule has 17 heavy (non-hydrogen) atoms. The van der Waals surface area contributed by atoms with Crippen molar-refractivity contribution in [3.05, 3.63) is 41.7 Å². The molecule has 1 heterocycles. The summed E-state index contributed by atoms with van der Waals surface area (Å²) in [6.07, 6.45) is -4.09. The standard InChI is InChI=1S/C11H6F3NO2/c12-11(13,14)9-4-2-1-3-8(9)10-5-7(6-16)17-15-10/h1-6H. The van der Waals surface area contributed by atoms with Crippen LogP contribution in [0.15, 0.2) is 34.9 Å². The Labute approximate surface area is 93.8 Å². The highest BCUT2D eigenvalue weighted by Crippen LogP contribution is 2.36. The second kappa shape index (κ2) is 4.04. The Morgan fingerprint density at radius 2 is 1.94 bits per heavy atom. The third-order valence-electron chi connectivity index (χ3n) is 2.15. The Hall–Kier alpha value is -2.11. The van der Waals surface area contributed by atoms with Crippen LogP contribution in [0.25, 0.3) is 11.3 Å². The molecule has 0 bridgehead atoms. The zero-order chi connectivity index (χ0) is 12.5. The highest BCUT2D eigenvalue weighted by atomic mass is 19.4. The second-order valence-corrected chi connectivity index (χ2v) is 3.28. The van der Waals surface area contributed by atoms with Gasteiger partial charge in [0.1, 0.15) is 5.69 Å². The zero-order valence-corrected chi connectivity index (χ0v) is 8.36. The lowest BCUT2D eigenvalue weighted by atomic mass is 10.0. The lowest BCUT2D eigenvalue weighted by Gasteiger charge is -2.09. The summed E-state index contributed by atoms with van der Waals surface area (Å²) in [5, 5.41) is 3.43. The Bertz CT molecular complexity index is 546. The van der Waals surface area contributed by atoms with Gasteiger partial charge in [-0.25, -0.2) is 0 Å². The fourth-order valence-electron chi connectivity index (χ4n) is 1.43. The molecular weight excluding hydrogens is 235 g/mol. The van der Waals surface area contributed by atoms with Crippen LogP contribution in [0, 0.1) is 0 Å². The molecule has 0 amide bonds. The SMILES string of the molecule is O=Cc1cc(-c2ccccc2C(F)(F)F)no1. The number of rotatable bonds is 2. The summed E-state index contributed by atoms with van der Waals surface area (Å²) in [5.41, 5.74) is -0.942. The molecule has 0 aliphatic rings. The van der Waals surface area contributed by atoms with Crippen molar-refractivity contribution in [3.8, 4) is 11.3 Å². The van der Waals surface area contributed by atoms with Crippen molar-refractivity contribution in [3.63, 3.8) is 0 Å². The van der Waals surface area contributed by atoms with Gasteiger partial charge in [-0.1, -0.05) is 23.4 Å². The molecular formula is C11H6F3NO2. The van der Waals surface area contributed by atoms with E-state index in [-0.39, 0.29) is 17.0 Å². The minimum atomic E-state index is -4.48. The van der Waals surface area contributed by atoms with Crippen molar-refractivity contribution in [2.45, 2.75) is 6.18 Å². The van der Waals surface area contributed by atoms with E-state index in [4.69, 9.17) is 0 Å². The Kier molecular flexibility index (Phi) is 2.71. The predicted molar refractivity (Wildman–Crippen MR) is 52.3 cm³/mol. The maximum absolute atomic E-state index is 12.7. The molecule has 0 aliphatic carbocycles. The molecule has 88 valence electrons. The van der Waals surface area contributed by atoms with Gasteiger partial charge < -0.3 is 4.52 Å². The van der Waals surface area contributed by atoms with E-state index < -0.39 is 11.7 Å². The quantitative estimate of drug-likeness (QED) is 0.758. The van der Waals surface area contributed by atoms with Gasteiger partial charge in [-0.15, -0.1) is 0 Å². The van der Waals surface area contributed by atoms with Gasteiger partial charge in [0.25, 0.3) is 0 Å². The van der Waals surface area contributed by atoms with Crippen LogP contribution in [-0.2, 0) is 6.18 Å². The molecule has 6 heteroatoms. The number of hydrogen-bond donors (Lipinski definition) is 0. The van der Waals surface area contributed by atoms with Crippen molar-refractivity contribution in [1.29, 1.82) is 0 Å². The number of nitrogens with zero attached hydrogens (tertiary/aromatic N) is 1. The van der Waals surface area contributed by atoms with Gasteiger partial charge in [0.15, 0.2) is 12.0 Å². The molecule has 1 aromatic carbocycles. The number of alkyl halides is 3. The fourth-order valence-corrected chi connectivity index (χ4v) is 1.43. The van der Waals surface area contributed by atoms with Gasteiger partial charge in [0.05, 0.1) is 5.56 Å². The third kappa shape index (κ3) is 2.20. The van der Waals surface area contributed by atoms with Crippen molar-refractivity contribution < 1.29 is 22.5 Å². The van der Waals surface area contributed by atoms with E-state index in [9.17, 15) is 18.0 Å². The molecule has 0 saturated carbocycles. The predicted octanol–water partition coefficient (Wildman–Crippen LogP) is 3.17. The molecule has 0 fully saturated rings. The van der Waals surface area contributed by atoms with Crippen LogP contribution in [-0.4, -0.2) is 11.4 Å². The smallest absolute Gasteiger partial charge is 0.353 e. The van der Waals surface area contributed by atoms with Gasteiger partial charge >= 0.3 is 6.18 Å². The van der Waals surface area contributed by atoms with Gasteiger partial charge in [-0.3, -0.25) is 4.79 Å². The van der Waals surface area contributed by atoms with Gasteiger partial charge in [-0.2, -0.15) is 13.2 Å². The average molecular weight is 241 g/mol. The number of carbonyl (C=O) groups is 1. The maximum atomic E-state index is 12.7. The lowest BCUT2D eigenvalue weighted by Crippen LogP contribution is -2.06. The van der Waals surface area contributed by atoms with Crippen molar-refractivity contribution >= 4 is 6.29 Å². The first-order chi connectivity index (χ1) is 8.02. The number of carbonyl (C=O) groups excluding carboxylic acids is 1. The minimum Gasteiger partial charge on any atom is -0.353 e. The number of aldehydes is 1.